The maximum atomic E-state index is 6.38. The Bertz CT molecular complexity index is 610. The number of aryl methyl sites for hydroxylation is 2. The Morgan fingerprint density at radius 2 is 1.90 bits per heavy atom. The molecule has 0 aliphatic rings. The zero-order valence-electron chi connectivity index (χ0n) is 12.1. The predicted molar refractivity (Wildman–Crippen MR) is 87.2 cm³/mol. The minimum absolute atomic E-state index is 0.0556. The van der Waals surface area contributed by atoms with E-state index in [9.17, 15) is 0 Å². The van der Waals surface area contributed by atoms with Crippen LogP contribution in [-0.2, 0) is 6.42 Å². The zero-order chi connectivity index (χ0) is 14.7. The highest BCUT2D eigenvalue weighted by molar-refractivity contribution is 9.10. The molecule has 20 heavy (non-hydrogen) atoms. The maximum absolute atomic E-state index is 6.38. The first-order chi connectivity index (χ1) is 9.51. The fourth-order valence-corrected chi connectivity index (χ4v) is 2.84. The van der Waals surface area contributed by atoms with Gasteiger partial charge in [-0.15, -0.1) is 0 Å². The van der Waals surface area contributed by atoms with Crippen LogP contribution < -0.4 is 10.5 Å². The molecule has 2 rings (SSSR count). The summed E-state index contributed by atoms with van der Waals surface area (Å²) in [6.07, 6.45) is 0.819. The summed E-state index contributed by atoms with van der Waals surface area (Å²) in [5.74, 6) is 0.833. The van der Waals surface area contributed by atoms with E-state index in [-0.39, 0.29) is 6.04 Å². The van der Waals surface area contributed by atoms with Crippen LogP contribution in [0.3, 0.4) is 0 Å². The van der Waals surface area contributed by atoms with Crippen LogP contribution in [0.15, 0.2) is 40.9 Å². The molecule has 0 radical (unpaired) electrons. The van der Waals surface area contributed by atoms with Crippen molar-refractivity contribution >= 4 is 15.9 Å². The van der Waals surface area contributed by atoms with E-state index in [2.05, 4.69) is 48.0 Å². The van der Waals surface area contributed by atoms with Crippen molar-refractivity contribution in [1.29, 1.82) is 0 Å². The molecule has 0 saturated carbocycles. The maximum Gasteiger partial charge on any atom is 0.119 e. The molecule has 0 spiro atoms. The first-order valence-electron chi connectivity index (χ1n) is 6.66. The average Bonchev–Trinajstić information content (AvgIpc) is 2.43. The van der Waals surface area contributed by atoms with E-state index >= 15 is 0 Å². The van der Waals surface area contributed by atoms with E-state index in [0.29, 0.717) is 0 Å². The normalized spacial score (nSPS) is 12.2. The molecule has 0 fully saturated rings. The van der Waals surface area contributed by atoms with Crippen LogP contribution >= 0.6 is 15.9 Å². The molecule has 0 heterocycles. The number of methoxy groups -OCH3 is 1. The Balaban J connectivity index is 2.27. The third kappa shape index (κ3) is 3.41. The summed E-state index contributed by atoms with van der Waals surface area (Å²) in [5, 5.41) is 0. The lowest BCUT2D eigenvalue weighted by atomic mass is 9.95. The molecule has 0 amide bonds. The monoisotopic (exact) mass is 333 g/mol. The van der Waals surface area contributed by atoms with Gasteiger partial charge in [0.1, 0.15) is 5.75 Å². The van der Waals surface area contributed by atoms with E-state index in [1.807, 2.05) is 18.2 Å². The highest BCUT2D eigenvalue weighted by atomic mass is 79.9. The predicted octanol–water partition coefficient (Wildman–Crippen LogP) is 4.32. The molecule has 2 aromatic carbocycles. The second-order valence-electron chi connectivity index (χ2n) is 5.13. The Kier molecular flexibility index (Phi) is 4.84. The van der Waals surface area contributed by atoms with Crippen LogP contribution in [0.5, 0.6) is 5.75 Å². The van der Waals surface area contributed by atoms with Gasteiger partial charge in [0.15, 0.2) is 0 Å². The third-order valence-electron chi connectivity index (χ3n) is 3.55. The molecule has 106 valence electrons. The summed E-state index contributed by atoms with van der Waals surface area (Å²) in [6.45, 7) is 4.23. The number of halogens is 1. The molecule has 2 nitrogen and oxygen atoms in total. The van der Waals surface area contributed by atoms with Gasteiger partial charge in [0, 0.05) is 10.5 Å². The first kappa shape index (κ1) is 15.1. The van der Waals surface area contributed by atoms with E-state index < -0.39 is 0 Å². The van der Waals surface area contributed by atoms with Crippen LogP contribution in [-0.4, -0.2) is 7.11 Å². The molecule has 3 heteroatoms. The number of ether oxygens (including phenoxy) is 1. The second kappa shape index (κ2) is 6.42. The van der Waals surface area contributed by atoms with Crippen molar-refractivity contribution in [3.8, 4) is 5.75 Å². The van der Waals surface area contributed by atoms with E-state index in [4.69, 9.17) is 10.5 Å². The molecular formula is C17H20BrNO. The van der Waals surface area contributed by atoms with E-state index in [1.165, 1.54) is 16.7 Å². The molecule has 2 aromatic rings. The highest BCUT2D eigenvalue weighted by Crippen LogP contribution is 2.29. The topological polar surface area (TPSA) is 35.2 Å². The van der Waals surface area contributed by atoms with Gasteiger partial charge in [0.05, 0.1) is 7.11 Å². The molecule has 0 aliphatic carbocycles. The first-order valence-corrected chi connectivity index (χ1v) is 7.45. The van der Waals surface area contributed by atoms with Crippen LogP contribution in [0, 0.1) is 13.8 Å². The van der Waals surface area contributed by atoms with Crippen LogP contribution in [0.25, 0.3) is 0 Å². The number of benzene rings is 2. The number of hydrogen-bond acceptors (Lipinski definition) is 2. The molecule has 1 atom stereocenters. The number of hydrogen-bond donors (Lipinski definition) is 1. The Morgan fingerprint density at radius 3 is 2.60 bits per heavy atom. The van der Waals surface area contributed by atoms with Gasteiger partial charge in [0.25, 0.3) is 0 Å². The molecule has 0 bridgehead atoms. The molecule has 0 saturated heterocycles. The molecule has 2 N–H and O–H groups in total. The third-order valence-corrected chi connectivity index (χ3v) is 4.27. The van der Waals surface area contributed by atoms with Gasteiger partial charge in [-0.3, -0.25) is 0 Å². The van der Waals surface area contributed by atoms with Crippen molar-refractivity contribution in [3.63, 3.8) is 0 Å². The Labute approximate surface area is 129 Å². The van der Waals surface area contributed by atoms with Gasteiger partial charge in [-0.25, -0.2) is 0 Å². The lowest BCUT2D eigenvalue weighted by Crippen LogP contribution is -2.15. The van der Waals surface area contributed by atoms with Crippen LogP contribution in [0.1, 0.15) is 28.3 Å². The number of rotatable bonds is 4. The van der Waals surface area contributed by atoms with Gasteiger partial charge >= 0.3 is 0 Å². The SMILES string of the molecule is COc1ccc(Br)c(C(N)Cc2cc(C)ccc2C)c1. The van der Waals surface area contributed by atoms with Crippen LogP contribution in [0.2, 0.25) is 0 Å². The van der Waals surface area contributed by atoms with Gasteiger partial charge in [0.2, 0.25) is 0 Å². The van der Waals surface area contributed by atoms with Crippen molar-refractivity contribution in [3.05, 3.63) is 63.1 Å². The molecular weight excluding hydrogens is 314 g/mol. The quantitative estimate of drug-likeness (QED) is 0.904. The van der Waals surface area contributed by atoms with Crippen LogP contribution in [0.4, 0.5) is 0 Å². The lowest BCUT2D eigenvalue weighted by molar-refractivity contribution is 0.413. The summed E-state index contributed by atoms with van der Waals surface area (Å²) in [7, 11) is 1.67. The summed E-state index contributed by atoms with van der Waals surface area (Å²) in [5.41, 5.74) is 11.3. The second-order valence-corrected chi connectivity index (χ2v) is 5.98. The molecule has 0 aromatic heterocycles. The smallest absolute Gasteiger partial charge is 0.119 e. The van der Waals surface area contributed by atoms with Gasteiger partial charge in [-0.2, -0.15) is 0 Å². The zero-order valence-corrected chi connectivity index (χ0v) is 13.7. The fraction of sp³-hybridized carbons (Fsp3) is 0.294. The minimum Gasteiger partial charge on any atom is -0.497 e. The fourth-order valence-electron chi connectivity index (χ4n) is 2.30. The number of nitrogens with two attached hydrogens (primary N) is 1. The Morgan fingerprint density at radius 1 is 1.15 bits per heavy atom. The standard InChI is InChI=1S/C17H20BrNO/c1-11-4-5-12(2)13(8-11)9-17(19)15-10-14(20-3)6-7-16(15)18/h4-8,10,17H,9,19H2,1-3H3. The van der Waals surface area contributed by atoms with E-state index in [0.717, 1.165) is 22.2 Å². The van der Waals surface area contributed by atoms with Crippen molar-refractivity contribution < 1.29 is 4.74 Å². The minimum atomic E-state index is -0.0556. The summed E-state index contributed by atoms with van der Waals surface area (Å²) in [4.78, 5) is 0. The summed E-state index contributed by atoms with van der Waals surface area (Å²) < 4.78 is 6.30. The molecule has 0 aliphatic heterocycles. The summed E-state index contributed by atoms with van der Waals surface area (Å²) >= 11 is 3.57. The largest absolute Gasteiger partial charge is 0.497 e. The van der Waals surface area contributed by atoms with Crippen molar-refractivity contribution in [2.75, 3.05) is 7.11 Å². The van der Waals surface area contributed by atoms with Crippen molar-refractivity contribution in [1.82, 2.24) is 0 Å². The van der Waals surface area contributed by atoms with Crippen molar-refractivity contribution in [2.24, 2.45) is 5.73 Å². The average molecular weight is 334 g/mol. The van der Waals surface area contributed by atoms with Gasteiger partial charge < -0.3 is 10.5 Å². The van der Waals surface area contributed by atoms with E-state index in [1.54, 1.807) is 7.11 Å². The summed E-state index contributed by atoms with van der Waals surface area (Å²) in [6, 6.07) is 12.3. The Hall–Kier alpha value is -1.32. The van der Waals surface area contributed by atoms with Crippen molar-refractivity contribution in [2.45, 2.75) is 26.3 Å². The van der Waals surface area contributed by atoms with Gasteiger partial charge in [-0.1, -0.05) is 39.7 Å². The highest BCUT2D eigenvalue weighted by Gasteiger charge is 2.13. The molecule has 1 unspecified atom stereocenters. The lowest BCUT2D eigenvalue weighted by Gasteiger charge is -2.17. The van der Waals surface area contributed by atoms with Gasteiger partial charge in [-0.05, 0) is 55.2 Å².